The maximum absolute atomic E-state index is 14.3. The molecule has 0 bridgehead atoms. The lowest BCUT2D eigenvalue weighted by atomic mass is 9.95. The third-order valence-corrected chi connectivity index (χ3v) is 4.11. The number of aliphatic hydroxyl groups is 1. The molecule has 6 heteroatoms. The van der Waals surface area contributed by atoms with Gasteiger partial charge in [0.1, 0.15) is 11.8 Å². The standard InChI is InChI=1S/C18H27FN2O3/c1-18(2,3)24-17(23)21-10-9-13(19)15(21)16(22)14(20)11-12-7-5-4-6-8-12/h4-8,13-16,22H,9-11,20H2,1-3H3/t13-,14-,15+,16-/m0/s1. The summed E-state index contributed by atoms with van der Waals surface area (Å²) in [6.07, 6.45) is -2.49. The minimum atomic E-state index is -1.31. The van der Waals surface area contributed by atoms with E-state index in [2.05, 4.69) is 0 Å². The first-order chi connectivity index (χ1) is 11.2. The molecule has 1 heterocycles. The minimum absolute atomic E-state index is 0.180. The van der Waals surface area contributed by atoms with Crippen LogP contribution in [0.4, 0.5) is 9.18 Å². The van der Waals surface area contributed by atoms with E-state index in [9.17, 15) is 14.3 Å². The second-order valence-electron chi connectivity index (χ2n) is 7.31. The Morgan fingerprint density at radius 1 is 1.42 bits per heavy atom. The highest BCUT2D eigenvalue weighted by Crippen LogP contribution is 2.27. The molecule has 1 aromatic carbocycles. The van der Waals surface area contributed by atoms with Crippen molar-refractivity contribution in [1.29, 1.82) is 0 Å². The smallest absolute Gasteiger partial charge is 0.410 e. The Labute approximate surface area is 142 Å². The number of ether oxygens (including phenoxy) is 1. The molecule has 1 aliphatic heterocycles. The van der Waals surface area contributed by atoms with Crippen molar-refractivity contribution in [3.05, 3.63) is 35.9 Å². The first-order valence-corrected chi connectivity index (χ1v) is 8.30. The van der Waals surface area contributed by atoms with Crippen molar-refractivity contribution >= 4 is 6.09 Å². The molecule has 0 unspecified atom stereocenters. The Balaban J connectivity index is 2.07. The fourth-order valence-electron chi connectivity index (χ4n) is 2.97. The zero-order valence-corrected chi connectivity index (χ0v) is 14.5. The zero-order chi connectivity index (χ0) is 17.9. The number of carbonyl (C=O) groups is 1. The molecule has 1 amide bonds. The van der Waals surface area contributed by atoms with E-state index in [4.69, 9.17) is 10.5 Å². The van der Waals surface area contributed by atoms with E-state index < -0.39 is 36.1 Å². The predicted molar refractivity (Wildman–Crippen MR) is 90.4 cm³/mol. The molecule has 0 radical (unpaired) electrons. The monoisotopic (exact) mass is 338 g/mol. The van der Waals surface area contributed by atoms with Crippen LogP contribution in [0.2, 0.25) is 0 Å². The van der Waals surface area contributed by atoms with Gasteiger partial charge in [-0.25, -0.2) is 9.18 Å². The van der Waals surface area contributed by atoms with Crippen molar-refractivity contribution in [3.8, 4) is 0 Å². The number of benzene rings is 1. The Morgan fingerprint density at radius 3 is 2.62 bits per heavy atom. The Kier molecular flexibility index (Phi) is 5.83. The maximum Gasteiger partial charge on any atom is 0.410 e. The van der Waals surface area contributed by atoms with Gasteiger partial charge in [-0.2, -0.15) is 0 Å². The van der Waals surface area contributed by atoms with Crippen LogP contribution in [0.25, 0.3) is 0 Å². The molecule has 0 aromatic heterocycles. The number of hydrogen-bond donors (Lipinski definition) is 2. The van der Waals surface area contributed by atoms with Crippen molar-refractivity contribution in [2.24, 2.45) is 5.73 Å². The number of nitrogens with zero attached hydrogens (tertiary/aromatic N) is 1. The van der Waals surface area contributed by atoms with Crippen molar-refractivity contribution in [1.82, 2.24) is 4.90 Å². The van der Waals surface area contributed by atoms with Crippen LogP contribution in [0.1, 0.15) is 32.8 Å². The Bertz CT molecular complexity index is 547. The van der Waals surface area contributed by atoms with E-state index in [0.717, 1.165) is 5.56 Å². The number of hydrogen-bond acceptors (Lipinski definition) is 4. The summed E-state index contributed by atoms with van der Waals surface area (Å²) in [4.78, 5) is 13.6. The number of alkyl halides is 1. The number of amides is 1. The molecular weight excluding hydrogens is 311 g/mol. The number of aliphatic hydroxyl groups excluding tert-OH is 1. The quantitative estimate of drug-likeness (QED) is 0.883. The molecule has 4 atom stereocenters. The lowest BCUT2D eigenvalue weighted by molar-refractivity contribution is -0.00940. The van der Waals surface area contributed by atoms with Gasteiger partial charge in [-0.1, -0.05) is 30.3 Å². The van der Waals surface area contributed by atoms with Crippen LogP contribution in [-0.4, -0.2) is 52.6 Å². The molecule has 1 aromatic rings. The van der Waals surface area contributed by atoms with Gasteiger partial charge in [0.25, 0.3) is 0 Å². The van der Waals surface area contributed by atoms with E-state index in [-0.39, 0.29) is 13.0 Å². The fourth-order valence-corrected chi connectivity index (χ4v) is 2.97. The number of rotatable bonds is 4. The van der Waals surface area contributed by atoms with Gasteiger partial charge in [-0.05, 0) is 39.2 Å². The summed E-state index contributed by atoms with van der Waals surface area (Å²) >= 11 is 0. The predicted octanol–water partition coefficient (Wildman–Crippen LogP) is 2.26. The summed E-state index contributed by atoms with van der Waals surface area (Å²) in [5, 5.41) is 10.6. The summed E-state index contributed by atoms with van der Waals surface area (Å²) in [6.45, 7) is 5.47. The van der Waals surface area contributed by atoms with Crippen LogP contribution in [0.5, 0.6) is 0 Å². The summed E-state index contributed by atoms with van der Waals surface area (Å²) in [6, 6.07) is 7.82. The SMILES string of the molecule is CC(C)(C)OC(=O)N1CC[C@H](F)[C@@H]1[C@@H](O)[C@@H](N)Cc1ccccc1. The van der Waals surface area contributed by atoms with Crippen LogP contribution < -0.4 is 5.73 Å². The van der Waals surface area contributed by atoms with Gasteiger partial charge >= 0.3 is 6.09 Å². The highest BCUT2D eigenvalue weighted by molar-refractivity contribution is 5.69. The third-order valence-electron chi connectivity index (χ3n) is 4.11. The summed E-state index contributed by atoms with van der Waals surface area (Å²) in [5.41, 5.74) is 6.37. The highest BCUT2D eigenvalue weighted by Gasteiger charge is 2.45. The zero-order valence-electron chi connectivity index (χ0n) is 14.5. The van der Waals surface area contributed by atoms with Gasteiger partial charge in [-0.15, -0.1) is 0 Å². The van der Waals surface area contributed by atoms with Crippen molar-refractivity contribution in [3.63, 3.8) is 0 Å². The molecular formula is C18H27FN2O3. The second-order valence-corrected chi connectivity index (χ2v) is 7.31. The third kappa shape index (κ3) is 4.68. The van der Waals surface area contributed by atoms with Crippen LogP contribution in [0.15, 0.2) is 30.3 Å². The molecule has 1 aliphatic rings. The number of nitrogens with two attached hydrogens (primary N) is 1. The summed E-state index contributed by atoms with van der Waals surface area (Å²) < 4.78 is 19.6. The van der Waals surface area contributed by atoms with Gasteiger partial charge in [0.05, 0.1) is 12.1 Å². The summed E-state index contributed by atoms with van der Waals surface area (Å²) in [7, 11) is 0. The average molecular weight is 338 g/mol. The van der Waals surface area contributed by atoms with Crippen LogP contribution >= 0.6 is 0 Å². The molecule has 134 valence electrons. The Morgan fingerprint density at radius 2 is 2.04 bits per heavy atom. The van der Waals surface area contributed by atoms with Gasteiger partial charge in [0.2, 0.25) is 0 Å². The highest BCUT2D eigenvalue weighted by atomic mass is 19.1. The molecule has 0 spiro atoms. The lowest BCUT2D eigenvalue weighted by Crippen LogP contribution is -2.54. The van der Waals surface area contributed by atoms with E-state index in [1.807, 2.05) is 30.3 Å². The van der Waals surface area contributed by atoms with Crippen molar-refractivity contribution in [2.75, 3.05) is 6.54 Å². The number of likely N-dealkylation sites (tertiary alicyclic amines) is 1. The van der Waals surface area contributed by atoms with Gasteiger partial charge in [0.15, 0.2) is 0 Å². The molecule has 1 saturated heterocycles. The van der Waals surface area contributed by atoms with E-state index >= 15 is 0 Å². The second kappa shape index (κ2) is 7.49. The van der Waals surface area contributed by atoms with Crippen LogP contribution in [-0.2, 0) is 11.2 Å². The molecule has 5 nitrogen and oxygen atoms in total. The van der Waals surface area contributed by atoms with Gasteiger partial charge < -0.3 is 15.6 Å². The molecule has 3 N–H and O–H groups in total. The van der Waals surface area contributed by atoms with Crippen molar-refractivity contribution < 1.29 is 19.0 Å². The Hall–Kier alpha value is -1.66. The van der Waals surface area contributed by atoms with Crippen molar-refractivity contribution in [2.45, 2.75) is 63.6 Å². The molecule has 0 saturated carbocycles. The molecule has 24 heavy (non-hydrogen) atoms. The van der Waals surface area contributed by atoms with E-state index in [0.29, 0.717) is 6.42 Å². The maximum atomic E-state index is 14.3. The molecule has 0 aliphatic carbocycles. The normalized spacial score (nSPS) is 23.8. The van der Waals surface area contributed by atoms with Gasteiger partial charge in [0, 0.05) is 12.6 Å². The molecule has 1 fully saturated rings. The largest absolute Gasteiger partial charge is 0.444 e. The topological polar surface area (TPSA) is 75.8 Å². The first kappa shape index (κ1) is 18.7. The minimum Gasteiger partial charge on any atom is -0.444 e. The first-order valence-electron chi connectivity index (χ1n) is 8.30. The van der Waals surface area contributed by atoms with Crippen LogP contribution in [0.3, 0.4) is 0 Å². The molecule has 2 rings (SSSR count). The number of carbonyl (C=O) groups excluding carboxylic acids is 1. The van der Waals surface area contributed by atoms with Crippen LogP contribution in [0, 0.1) is 0 Å². The summed E-state index contributed by atoms with van der Waals surface area (Å²) in [5.74, 6) is 0. The van der Waals surface area contributed by atoms with E-state index in [1.54, 1.807) is 20.8 Å². The van der Waals surface area contributed by atoms with Gasteiger partial charge in [-0.3, -0.25) is 4.90 Å². The number of halogens is 1. The fraction of sp³-hybridized carbons (Fsp3) is 0.611. The van der Waals surface area contributed by atoms with E-state index in [1.165, 1.54) is 4.90 Å². The lowest BCUT2D eigenvalue weighted by Gasteiger charge is -2.33. The average Bonchev–Trinajstić information content (AvgIpc) is 2.87.